The Bertz CT molecular complexity index is 1640. The van der Waals surface area contributed by atoms with E-state index in [-0.39, 0.29) is 17.0 Å². The van der Waals surface area contributed by atoms with Gasteiger partial charge in [0.1, 0.15) is 11.0 Å². The van der Waals surface area contributed by atoms with Crippen molar-refractivity contribution in [2.24, 2.45) is 11.1 Å². The summed E-state index contributed by atoms with van der Waals surface area (Å²) in [6.07, 6.45) is 9.51. The summed E-state index contributed by atoms with van der Waals surface area (Å²) in [5, 5.41) is 4.56. The lowest BCUT2D eigenvalue weighted by Gasteiger charge is -2.42. The molecular weight excluding hydrogens is 455 g/mol. The van der Waals surface area contributed by atoms with Crippen molar-refractivity contribution in [3.63, 3.8) is 0 Å². The molecule has 4 aromatic heterocycles. The summed E-state index contributed by atoms with van der Waals surface area (Å²) >= 11 is 0. The summed E-state index contributed by atoms with van der Waals surface area (Å²) in [7, 11) is 0. The van der Waals surface area contributed by atoms with E-state index in [4.69, 9.17) is 10.7 Å². The molecule has 0 bridgehead atoms. The lowest BCUT2D eigenvalue weighted by molar-refractivity contribution is 0.187. The Kier molecular flexibility index (Phi) is 4.59. The molecule has 8 nitrogen and oxygen atoms in total. The van der Waals surface area contributed by atoms with Crippen LogP contribution in [0.15, 0.2) is 55.1 Å². The van der Waals surface area contributed by atoms with Crippen molar-refractivity contribution in [1.29, 1.82) is 0 Å². The van der Waals surface area contributed by atoms with Crippen LogP contribution in [0.4, 0.5) is 10.2 Å². The maximum atomic E-state index is 15.5. The maximum Gasteiger partial charge on any atom is 0.160 e. The molecule has 7 rings (SSSR count). The average Bonchev–Trinajstić information content (AvgIpc) is 3.49. The minimum Gasteiger partial charge on any atom is -0.355 e. The van der Waals surface area contributed by atoms with Crippen molar-refractivity contribution in [2.45, 2.75) is 32.2 Å². The van der Waals surface area contributed by atoms with Gasteiger partial charge in [0, 0.05) is 49.0 Å². The highest BCUT2D eigenvalue weighted by Crippen LogP contribution is 2.50. The Labute approximate surface area is 207 Å². The van der Waals surface area contributed by atoms with Gasteiger partial charge in [-0.1, -0.05) is 6.07 Å². The summed E-state index contributed by atoms with van der Waals surface area (Å²) < 4.78 is 17.3. The molecule has 1 fully saturated rings. The first kappa shape index (κ1) is 21.3. The first-order valence-corrected chi connectivity index (χ1v) is 12.2. The van der Waals surface area contributed by atoms with Crippen LogP contribution in [0.5, 0.6) is 0 Å². The molecule has 180 valence electrons. The number of halogens is 1. The number of fused-ring (bicyclic) bond motifs is 3. The van der Waals surface area contributed by atoms with E-state index in [9.17, 15) is 0 Å². The van der Waals surface area contributed by atoms with Gasteiger partial charge >= 0.3 is 0 Å². The monoisotopic (exact) mass is 480 g/mol. The Hall–Kier alpha value is -3.98. The molecule has 1 atom stereocenters. The van der Waals surface area contributed by atoms with E-state index in [0.717, 1.165) is 49.4 Å². The average molecular weight is 481 g/mol. The Morgan fingerprint density at radius 2 is 1.83 bits per heavy atom. The fourth-order valence-corrected chi connectivity index (χ4v) is 6.11. The highest BCUT2D eigenvalue weighted by Gasteiger charge is 2.46. The number of benzene rings is 1. The molecule has 0 saturated carbocycles. The van der Waals surface area contributed by atoms with Crippen LogP contribution in [0, 0.1) is 18.2 Å². The predicted octanol–water partition coefficient (Wildman–Crippen LogP) is 4.02. The van der Waals surface area contributed by atoms with Gasteiger partial charge in [-0.25, -0.2) is 18.9 Å². The molecule has 9 heteroatoms. The molecule has 2 aliphatic rings. The lowest BCUT2D eigenvalue weighted by Crippen LogP contribution is -2.44. The zero-order chi connectivity index (χ0) is 24.4. The van der Waals surface area contributed by atoms with Gasteiger partial charge in [0.15, 0.2) is 11.6 Å². The third-order valence-electron chi connectivity index (χ3n) is 8.03. The minimum atomic E-state index is -0.418. The highest BCUT2D eigenvalue weighted by atomic mass is 19.1. The van der Waals surface area contributed by atoms with Gasteiger partial charge in [0.25, 0.3) is 0 Å². The second-order valence-corrected chi connectivity index (χ2v) is 9.89. The van der Waals surface area contributed by atoms with E-state index in [1.165, 1.54) is 11.8 Å². The van der Waals surface area contributed by atoms with Crippen molar-refractivity contribution in [3.05, 3.63) is 77.9 Å². The Morgan fingerprint density at radius 1 is 1.00 bits per heavy atom. The van der Waals surface area contributed by atoms with Crippen LogP contribution in [-0.2, 0) is 6.42 Å². The number of aromatic nitrogens is 6. The van der Waals surface area contributed by atoms with Crippen molar-refractivity contribution in [1.82, 2.24) is 29.5 Å². The SMILES string of the molecule is Cc1nc(N2CCC3(CC2)Cc2ncccc2[C@H]3N)c2ccnn2c1-c1ccc2nccnc2c1F. The normalized spacial score (nSPS) is 18.9. The number of hydrogen-bond donors (Lipinski definition) is 1. The van der Waals surface area contributed by atoms with Crippen LogP contribution >= 0.6 is 0 Å². The molecule has 0 radical (unpaired) electrons. The van der Waals surface area contributed by atoms with Crippen LogP contribution in [0.3, 0.4) is 0 Å². The van der Waals surface area contributed by atoms with E-state index < -0.39 is 5.82 Å². The number of pyridine rings is 1. The van der Waals surface area contributed by atoms with Crippen LogP contribution in [0.2, 0.25) is 0 Å². The molecule has 1 aliphatic heterocycles. The molecule has 2 N–H and O–H groups in total. The largest absolute Gasteiger partial charge is 0.355 e. The molecule has 1 aliphatic carbocycles. The number of aryl methyl sites for hydroxylation is 1. The molecule has 1 saturated heterocycles. The van der Waals surface area contributed by atoms with Gasteiger partial charge in [0.2, 0.25) is 0 Å². The smallest absolute Gasteiger partial charge is 0.160 e. The van der Waals surface area contributed by atoms with Crippen LogP contribution in [0.25, 0.3) is 27.8 Å². The zero-order valence-corrected chi connectivity index (χ0v) is 19.9. The van der Waals surface area contributed by atoms with Crippen LogP contribution in [0.1, 0.15) is 35.8 Å². The fourth-order valence-electron chi connectivity index (χ4n) is 6.11. The third kappa shape index (κ3) is 2.99. The van der Waals surface area contributed by atoms with Gasteiger partial charge in [-0.3, -0.25) is 9.97 Å². The maximum absolute atomic E-state index is 15.5. The van der Waals surface area contributed by atoms with Crippen LogP contribution < -0.4 is 10.6 Å². The zero-order valence-electron chi connectivity index (χ0n) is 19.9. The van der Waals surface area contributed by atoms with Crippen LogP contribution in [-0.4, -0.2) is 42.6 Å². The van der Waals surface area contributed by atoms with Gasteiger partial charge in [0.05, 0.1) is 23.1 Å². The molecule has 5 aromatic rings. The number of piperidine rings is 1. The number of nitrogens with two attached hydrogens (primary N) is 1. The van der Waals surface area contributed by atoms with E-state index >= 15 is 4.39 Å². The van der Waals surface area contributed by atoms with E-state index in [1.54, 1.807) is 29.0 Å². The molecule has 0 unspecified atom stereocenters. The molecule has 1 aromatic carbocycles. The number of anilines is 1. The van der Waals surface area contributed by atoms with E-state index in [1.807, 2.05) is 25.3 Å². The third-order valence-corrected chi connectivity index (χ3v) is 8.03. The second-order valence-electron chi connectivity index (χ2n) is 9.89. The molecule has 0 amide bonds. The number of rotatable bonds is 2. The standard InChI is InChI=1S/C27H25FN8/c1-16-24(18-4-5-19-23(22(18)28)32-12-11-31-19)36-21(6-10-33-36)26(34-16)35-13-7-27(8-14-35)15-20-17(25(27)29)3-2-9-30-20/h2-6,9-12,25H,7-8,13-15,29H2,1H3/t25-/m1/s1. The van der Waals surface area contributed by atoms with Gasteiger partial charge in [-0.2, -0.15) is 5.10 Å². The topological polar surface area (TPSA) is 98.1 Å². The minimum absolute atomic E-state index is 0.00869. The Morgan fingerprint density at radius 3 is 2.67 bits per heavy atom. The second kappa shape index (κ2) is 7.76. The summed E-state index contributed by atoms with van der Waals surface area (Å²) in [5.74, 6) is 0.449. The summed E-state index contributed by atoms with van der Waals surface area (Å²) in [4.78, 5) is 20.3. The van der Waals surface area contributed by atoms with Gasteiger partial charge in [-0.05, 0) is 61.4 Å². The molecular formula is C27H25FN8. The summed E-state index contributed by atoms with van der Waals surface area (Å²) in [6, 6.07) is 9.55. The molecule has 1 spiro atoms. The number of nitrogens with zero attached hydrogens (tertiary/aromatic N) is 7. The van der Waals surface area contributed by atoms with Crippen molar-refractivity contribution in [3.8, 4) is 11.3 Å². The van der Waals surface area contributed by atoms with Crippen molar-refractivity contribution >= 4 is 22.4 Å². The number of hydrogen-bond acceptors (Lipinski definition) is 7. The van der Waals surface area contributed by atoms with Gasteiger partial charge < -0.3 is 10.6 Å². The van der Waals surface area contributed by atoms with E-state index in [0.29, 0.717) is 22.5 Å². The van der Waals surface area contributed by atoms with Crippen molar-refractivity contribution < 1.29 is 4.39 Å². The first-order chi connectivity index (χ1) is 17.6. The molecule has 36 heavy (non-hydrogen) atoms. The Balaban J connectivity index is 1.25. The first-order valence-electron chi connectivity index (χ1n) is 12.2. The van der Waals surface area contributed by atoms with Crippen molar-refractivity contribution in [2.75, 3.05) is 18.0 Å². The lowest BCUT2D eigenvalue weighted by atomic mass is 9.73. The quantitative estimate of drug-likeness (QED) is 0.407. The predicted molar refractivity (Wildman–Crippen MR) is 135 cm³/mol. The van der Waals surface area contributed by atoms with Gasteiger partial charge in [-0.15, -0.1) is 0 Å². The highest BCUT2D eigenvalue weighted by molar-refractivity contribution is 5.83. The van der Waals surface area contributed by atoms with E-state index in [2.05, 4.69) is 31.0 Å². The molecule has 5 heterocycles. The summed E-state index contributed by atoms with van der Waals surface area (Å²) in [6.45, 7) is 3.59. The fraction of sp³-hybridized carbons (Fsp3) is 0.296. The summed E-state index contributed by atoms with van der Waals surface area (Å²) in [5.41, 5.74) is 12.4.